The Bertz CT molecular complexity index is 701. The number of methoxy groups -OCH3 is 2. The molecule has 22 heavy (non-hydrogen) atoms. The zero-order chi connectivity index (χ0) is 15.9. The molecule has 0 bridgehead atoms. The van der Waals surface area contributed by atoms with Gasteiger partial charge < -0.3 is 14.8 Å². The second-order valence-corrected chi connectivity index (χ2v) is 4.44. The fraction of sp³-hybridized carbons (Fsp3) is 0.250. The third-order valence-electron chi connectivity index (χ3n) is 3.06. The van der Waals surface area contributed by atoms with Crippen LogP contribution < -0.4 is 14.8 Å². The minimum Gasteiger partial charge on any atom is -0.497 e. The molecular formula is C16H17N3O3. The maximum Gasteiger partial charge on any atom is 0.269 e. The van der Waals surface area contributed by atoms with Gasteiger partial charge in [-0.25, -0.2) is 0 Å². The summed E-state index contributed by atoms with van der Waals surface area (Å²) in [6.07, 6.45) is 5.63. The van der Waals surface area contributed by atoms with E-state index in [1.165, 1.54) is 0 Å². The number of carbonyl (C=O) groups is 1. The van der Waals surface area contributed by atoms with Crippen molar-refractivity contribution in [3.8, 4) is 35.1 Å². The first-order valence-electron chi connectivity index (χ1n) is 6.69. The predicted octanol–water partition coefficient (Wildman–Crippen LogP) is 1.85. The Balaban J connectivity index is 2.24. The fourth-order valence-electron chi connectivity index (χ4n) is 1.93. The second kappa shape index (κ2) is 7.18. The van der Waals surface area contributed by atoms with E-state index in [1.54, 1.807) is 38.5 Å². The highest BCUT2D eigenvalue weighted by Gasteiger charge is 2.14. The van der Waals surface area contributed by atoms with E-state index >= 15 is 0 Å². The van der Waals surface area contributed by atoms with Crippen LogP contribution in [0.25, 0.3) is 11.3 Å². The van der Waals surface area contributed by atoms with Crippen LogP contribution in [0.1, 0.15) is 16.9 Å². The van der Waals surface area contributed by atoms with Crippen LogP contribution in [0.4, 0.5) is 0 Å². The van der Waals surface area contributed by atoms with Crippen LogP contribution >= 0.6 is 0 Å². The fourth-order valence-corrected chi connectivity index (χ4v) is 1.93. The van der Waals surface area contributed by atoms with Gasteiger partial charge in [-0.15, -0.1) is 12.3 Å². The quantitative estimate of drug-likeness (QED) is 0.630. The van der Waals surface area contributed by atoms with Gasteiger partial charge in [-0.3, -0.25) is 9.89 Å². The van der Waals surface area contributed by atoms with Crippen LogP contribution in [0, 0.1) is 12.3 Å². The lowest BCUT2D eigenvalue weighted by molar-refractivity contribution is 0.0949. The summed E-state index contributed by atoms with van der Waals surface area (Å²) < 4.78 is 10.5. The Morgan fingerprint density at radius 2 is 2.18 bits per heavy atom. The van der Waals surface area contributed by atoms with Crippen LogP contribution in [0.3, 0.4) is 0 Å². The lowest BCUT2D eigenvalue weighted by Crippen LogP contribution is -2.24. The van der Waals surface area contributed by atoms with Crippen molar-refractivity contribution in [3.05, 3.63) is 30.0 Å². The number of amides is 1. The van der Waals surface area contributed by atoms with Crippen molar-refractivity contribution in [1.82, 2.24) is 15.5 Å². The molecule has 0 atom stereocenters. The van der Waals surface area contributed by atoms with Gasteiger partial charge in [-0.1, -0.05) is 0 Å². The van der Waals surface area contributed by atoms with Crippen LogP contribution in [-0.2, 0) is 0 Å². The minimum atomic E-state index is -0.254. The van der Waals surface area contributed by atoms with Crippen LogP contribution in [0.2, 0.25) is 0 Å². The molecule has 0 saturated heterocycles. The van der Waals surface area contributed by atoms with Crippen LogP contribution in [0.15, 0.2) is 24.3 Å². The Morgan fingerprint density at radius 3 is 2.86 bits per heavy atom. The number of hydrogen-bond acceptors (Lipinski definition) is 4. The molecule has 6 nitrogen and oxygen atoms in total. The normalized spacial score (nSPS) is 9.86. The molecule has 1 amide bonds. The van der Waals surface area contributed by atoms with Gasteiger partial charge in [0.2, 0.25) is 0 Å². The highest BCUT2D eigenvalue weighted by atomic mass is 16.5. The summed E-state index contributed by atoms with van der Waals surface area (Å²) in [4.78, 5) is 11.9. The Morgan fingerprint density at radius 1 is 1.36 bits per heavy atom. The van der Waals surface area contributed by atoms with Gasteiger partial charge in [-0.2, -0.15) is 5.10 Å². The predicted molar refractivity (Wildman–Crippen MR) is 82.9 cm³/mol. The molecule has 2 aromatic rings. The molecule has 2 rings (SSSR count). The van der Waals surface area contributed by atoms with Crippen molar-refractivity contribution in [2.45, 2.75) is 6.42 Å². The smallest absolute Gasteiger partial charge is 0.269 e. The van der Waals surface area contributed by atoms with Crippen molar-refractivity contribution in [2.24, 2.45) is 0 Å². The van der Waals surface area contributed by atoms with E-state index in [2.05, 4.69) is 21.4 Å². The first kappa shape index (κ1) is 15.4. The average molecular weight is 299 g/mol. The van der Waals surface area contributed by atoms with E-state index in [-0.39, 0.29) is 5.91 Å². The number of aromatic amines is 1. The molecule has 1 aromatic heterocycles. The summed E-state index contributed by atoms with van der Waals surface area (Å²) in [6, 6.07) is 7.04. The first-order chi connectivity index (χ1) is 10.7. The summed E-state index contributed by atoms with van der Waals surface area (Å²) in [5, 5.41) is 9.57. The molecule has 0 saturated carbocycles. The lowest BCUT2D eigenvalue weighted by Gasteiger charge is -2.08. The van der Waals surface area contributed by atoms with Crippen molar-refractivity contribution in [2.75, 3.05) is 20.8 Å². The molecule has 0 aliphatic carbocycles. The standard InChI is InChI=1S/C16H17N3O3/c1-4-5-8-17-16(20)14-10-13(18-19-14)12-9-11(21-2)6-7-15(12)22-3/h1,6-7,9-10H,5,8H2,2-3H3,(H,17,20)(H,18,19). The molecule has 2 N–H and O–H groups in total. The summed E-state index contributed by atoms with van der Waals surface area (Å²) in [6.45, 7) is 0.423. The van der Waals surface area contributed by atoms with Gasteiger partial charge >= 0.3 is 0 Å². The summed E-state index contributed by atoms with van der Waals surface area (Å²) in [7, 11) is 3.16. The third-order valence-corrected chi connectivity index (χ3v) is 3.06. The van der Waals surface area contributed by atoms with Gasteiger partial charge in [0.05, 0.1) is 19.9 Å². The van der Waals surface area contributed by atoms with Gasteiger partial charge in [0.15, 0.2) is 0 Å². The van der Waals surface area contributed by atoms with E-state index in [9.17, 15) is 4.79 Å². The van der Waals surface area contributed by atoms with Crippen molar-refractivity contribution >= 4 is 5.91 Å². The number of carbonyl (C=O) groups excluding carboxylic acids is 1. The molecule has 0 spiro atoms. The number of ether oxygens (including phenoxy) is 2. The second-order valence-electron chi connectivity index (χ2n) is 4.44. The molecule has 0 aliphatic heterocycles. The monoisotopic (exact) mass is 299 g/mol. The van der Waals surface area contributed by atoms with Gasteiger partial charge in [0.25, 0.3) is 5.91 Å². The van der Waals surface area contributed by atoms with Crippen molar-refractivity contribution in [1.29, 1.82) is 0 Å². The Kier molecular flexibility index (Phi) is 5.04. The molecule has 1 heterocycles. The summed E-state index contributed by atoms with van der Waals surface area (Å²) in [5.74, 6) is 3.53. The molecular weight excluding hydrogens is 282 g/mol. The van der Waals surface area contributed by atoms with E-state index in [0.717, 1.165) is 5.56 Å². The molecule has 0 radical (unpaired) electrons. The topological polar surface area (TPSA) is 76.2 Å². The zero-order valence-corrected chi connectivity index (χ0v) is 12.5. The minimum absolute atomic E-state index is 0.254. The van der Waals surface area contributed by atoms with Crippen molar-refractivity contribution < 1.29 is 14.3 Å². The highest BCUT2D eigenvalue weighted by molar-refractivity contribution is 5.93. The number of H-pyrrole nitrogens is 1. The average Bonchev–Trinajstić information content (AvgIpc) is 3.04. The zero-order valence-electron chi connectivity index (χ0n) is 12.5. The maximum absolute atomic E-state index is 11.9. The third kappa shape index (κ3) is 3.38. The molecule has 1 aromatic carbocycles. The number of aromatic nitrogens is 2. The van der Waals surface area contributed by atoms with Crippen LogP contribution in [0.5, 0.6) is 11.5 Å². The van der Waals surface area contributed by atoms with Gasteiger partial charge in [0, 0.05) is 18.5 Å². The van der Waals surface area contributed by atoms with E-state index in [1.807, 2.05) is 0 Å². The number of hydrogen-bond donors (Lipinski definition) is 2. The van der Waals surface area contributed by atoms with E-state index in [0.29, 0.717) is 35.9 Å². The van der Waals surface area contributed by atoms with Crippen molar-refractivity contribution in [3.63, 3.8) is 0 Å². The Labute approximate surface area is 128 Å². The number of rotatable bonds is 6. The number of benzene rings is 1. The molecule has 6 heteroatoms. The van der Waals surface area contributed by atoms with E-state index < -0.39 is 0 Å². The largest absolute Gasteiger partial charge is 0.497 e. The summed E-state index contributed by atoms with van der Waals surface area (Å²) >= 11 is 0. The summed E-state index contributed by atoms with van der Waals surface area (Å²) in [5.41, 5.74) is 1.69. The number of nitrogens with one attached hydrogen (secondary N) is 2. The lowest BCUT2D eigenvalue weighted by atomic mass is 10.1. The maximum atomic E-state index is 11.9. The molecule has 0 aliphatic rings. The molecule has 0 fully saturated rings. The SMILES string of the molecule is C#CCCNC(=O)c1cc(-c2cc(OC)ccc2OC)n[nH]1. The Hall–Kier alpha value is -2.94. The highest BCUT2D eigenvalue weighted by Crippen LogP contribution is 2.32. The first-order valence-corrected chi connectivity index (χ1v) is 6.69. The van der Waals surface area contributed by atoms with Gasteiger partial charge in [0.1, 0.15) is 17.2 Å². The number of nitrogens with zero attached hydrogens (tertiary/aromatic N) is 1. The molecule has 0 unspecified atom stereocenters. The van der Waals surface area contributed by atoms with Gasteiger partial charge in [-0.05, 0) is 24.3 Å². The molecule has 114 valence electrons. The number of terminal acetylenes is 1. The van der Waals surface area contributed by atoms with E-state index in [4.69, 9.17) is 15.9 Å². The van der Waals surface area contributed by atoms with Crippen LogP contribution in [-0.4, -0.2) is 36.9 Å².